The summed E-state index contributed by atoms with van der Waals surface area (Å²) in [6.45, 7) is 6.23. The first-order valence-electron chi connectivity index (χ1n) is 6.93. The lowest BCUT2D eigenvalue weighted by Crippen LogP contribution is -2.32. The van der Waals surface area contributed by atoms with E-state index in [0.717, 1.165) is 12.8 Å². The van der Waals surface area contributed by atoms with Gasteiger partial charge in [0.05, 0.1) is 9.95 Å². The molecular weight excluding hydrogens is 294 g/mol. The number of halogens is 1. The van der Waals surface area contributed by atoms with Gasteiger partial charge in [0.2, 0.25) is 0 Å². The second-order valence-corrected chi connectivity index (χ2v) is 5.21. The van der Waals surface area contributed by atoms with Gasteiger partial charge in [-0.25, -0.2) is 0 Å². The van der Waals surface area contributed by atoms with Gasteiger partial charge in [0.1, 0.15) is 5.69 Å². The number of amides is 1. The minimum atomic E-state index is -0.546. The van der Waals surface area contributed by atoms with Gasteiger partial charge in [-0.1, -0.05) is 24.9 Å². The van der Waals surface area contributed by atoms with Gasteiger partial charge in [-0.2, -0.15) is 0 Å². The number of benzene rings is 1. The highest BCUT2D eigenvalue weighted by Gasteiger charge is 2.21. The number of anilines is 1. The van der Waals surface area contributed by atoms with E-state index < -0.39 is 4.92 Å². The van der Waals surface area contributed by atoms with Crippen molar-refractivity contribution < 1.29 is 9.72 Å². The zero-order chi connectivity index (χ0) is 16.0. The quantitative estimate of drug-likeness (QED) is 0.595. The molecule has 0 aromatic heterocycles. The van der Waals surface area contributed by atoms with Gasteiger partial charge in [-0.3, -0.25) is 14.9 Å². The van der Waals surface area contributed by atoms with Gasteiger partial charge in [-0.05, 0) is 26.3 Å². The predicted octanol–water partition coefficient (Wildman–Crippen LogP) is 3.60. The number of carbonyl (C=O) groups excluding carboxylic acids is 1. The van der Waals surface area contributed by atoms with E-state index in [-0.39, 0.29) is 33.9 Å². The summed E-state index contributed by atoms with van der Waals surface area (Å²) in [7, 11) is 0. The molecule has 1 aromatic rings. The Morgan fingerprint density at radius 2 is 2.10 bits per heavy atom. The minimum Gasteiger partial charge on any atom is -0.379 e. The van der Waals surface area contributed by atoms with Crippen LogP contribution in [0.1, 0.15) is 44.0 Å². The Morgan fingerprint density at radius 3 is 2.62 bits per heavy atom. The fourth-order valence-corrected chi connectivity index (χ4v) is 2.31. The van der Waals surface area contributed by atoms with Gasteiger partial charge in [0.15, 0.2) is 0 Å². The van der Waals surface area contributed by atoms with Gasteiger partial charge < -0.3 is 10.6 Å². The zero-order valence-electron chi connectivity index (χ0n) is 12.4. The van der Waals surface area contributed by atoms with Crippen LogP contribution in [0.4, 0.5) is 11.4 Å². The number of nitrogens with one attached hydrogen (secondary N) is 2. The Bertz CT molecular complexity index is 534. The van der Waals surface area contributed by atoms with Crippen LogP contribution in [0.25, 0.3) is 0 Å². The predicted molar refractivity (Wildman–Crippen MR) is 84.1 cm³/mol. The van der Waals surface area contributed by atoms with Crippen LogP contribution >= 0.6 is 11.6 Å². The second-order valence-electron chi connectivity index (χ2n) is 4.80. The van der Waals surface area contributed by atoms with Crippen molar-refractivity contribution in [1.82, 2.24) is 5.32 Å². The molecule has 1 unspecified atom stereocenters. The van der Waals surface area contributed by atoms with Crippen LogP contribution in [0.15, 0.2) is 12.1 Å². The summed E-state index contributed by atoms with van der Waals surface area (Å²) < 4.78 is 0. The maximum Gasteiger partial charge on any atom is 0.294 e. The third kappa shape index (κ3) is 4.60. The van der Waals surface area contributed by atoms with Crippen LogP contribution in [0.5, 0.6) is 0 Å². The summed E-state index contributed by atoms with van der Waals surface area (Å²) in [6, 6.07) is 2.70. The molecule has 0 saturated heterocycles. The molecule has 0 fully saturated rings. The molecule has 0 radical (unpaired) electrons. The molecule has 0 bridgehead atoms. The highest BCUT2D eigenvalue weighted by molar-refractivity contribution is 6.34. The van der Waals surface area contributed by atoms with E-state index >= 15 is 0 Å². The Kier molecular flexibility index (Phi) is 6.42. The van der Waals surface area contributed by atoms with Crippen LogP contribution in [0.3, 0.4) is 0 Å². The van der Waals surface area contributed by atoms with Crippen LogP contribution < -0.4 is 10.6 Å². The van der Waals surface area contributed by atoms with Crippen molar-refractivity contribution in [3.05, 3.63) is 32.8 Å². The van der Waals surface area contributed by atoms with Gasteiger partial charge in [0.25, 0.3) is 11.6 Å². The van der Waals surface area contributed by atoms with Crippen molar-refractivity contribution in [2.24, 2.45) is 0 Å². The highest BCUT2D eigenvalue weighted by Crippen LogP contribution is 2.33. The average Bonchev–Trinajstić information content (AvgIpc) is 2.40. The maximum atomic E-state index is 12.1. The molecule has 2 N–H and O–H groups in total. The molecule has 116 valence electrons. The molecule has 0 aliphatic rings. The third-order valence-electron chi connectivity index (χ3n) is 2.98. The highest BCUT2D eigenvalue weighted by atomic mass is 35.5. The number of carbonyl (C=O) groups is 1. The number of nitrogens with zero attached hydrogens (tertiary/aromatic N) is 1. The molecule has 1 amide bonds. The largest absolute Gasteiger partial charge is 0.379 e. The first-order chi connectivity index (χ1) is 9.90. The third-order valence-corrected chi connectivity index (χ3v) is 3.28. The summed E-state index contributed by atoms with van der Waals surface area (Å²) in [4.78, 5) is 22.7. The van der Waals surface area contributed by atoms with Gasteiger partial charge in [0, 0.05) is 24.2 Å². The second kappa shape index (κ2) is 7.83. The standard InChI is InChI=1S/C14H20ClN3O3/c1-4-6-9(3)17-14(19)10-7-11(15)13(16-5-2)12(8-10)18(20)21/h7-9,16H,4-6H2,1-3H3,(H,17,19). The summed E-state index contributed by atoms with van der Waals surface area (Å²) in [5.41, 5.74) is 0.233. The first-order valence-corrected chi connectivity index (χ1v) is 7.31. The van der Waals surface area contributed by atoms with E-state index in [2.05, 4.69) is 10.6 Å². The van der Waals surface area contributed by atoms with Crippen molar-refractivity contribution >= 4 is 28.9 Å². The molecule has 1 atom stereocenters. The molecule has 21 heavy (non-hydrogen) atoms. The SMILES string of the molecule is CCCC(C)NC(=O)c1cc(Cl)c(NCC)c([N+](=O)[O-])c1. The molecule has 0 saturated carbocycles. The van der Waals surface area contributed by atoms with Crippen molar-refractivity contribution in [1.29, 1.82) is 0 Å². The van der Waals surface area contributed by atoms with E-state index in [0.29, 0.717) is 6.54 Å². The van der Waals surface area contributed by atoms with Crippen molar-refractivity contribution in [3.63, 3.8) is 0 Å². The topological polar surface area (TPSA) is 84.3 Å². The summed E-state index contributed by atoms with van der Waals surface area (Å²) in [5, 5.41) is 16.9. The van der Waals surface area contributed by atoms with E-state index in [1.165, 1.54) is 12.1 Å². The average molecular weight is 314 g/mol. The normalized spacial score (nSPS) is 11.8. The van der Waals surface area contributed by atoms with E-state index in [4.69, 9.17) is 11.6 Å². The van der Waals surface area contributed by atoms with E-state index in [9.17, 15) is 14.9 Å². The number of nitro groups is 1. The molecule has 1 aromatic carbocycles. The fourth-order valence-electron chi connectivity index (χ4n) is 2.03. The van der Waals surface area contributed by atoms with E-state index in [1.54, 1.807) is 0 Å². The Labute approximate surface area is 129 Å². The maximum absolute atomic E-state index is 12.1. The Hall–Kier alpha value is -1.82. The van der Waals surface area contributed by atoms with Crippen molar-refractivity contribution in [2.75, 3.05) is 11.9 Å². The van der Waals surface area contributed by atoms with Gasteiger partial charge >= 0.3 is 0 Å². The Balaban J connectivity index is 3.09. The lowest BCUT2D eigenvalue weighted by Gasteiger charge is -2.14. The van der Waals surface area contributed by atoms with Gasteiger partial charge in [-0.15, -0.1) is 0 Å². The monoisotopic (exact) mass is 313 g/mol. The molecule has 0 aliphatic heterocycles. The number of nitro benzene ring substituents is 1. The minimum absolute atomic E-state index is 0.00812. The molecular formula is C14H20ClN3O3. The number of hydrogen-bond acceptors (Lipinski definition) is 4. The first kappa shape index (κ1) is 17.2. The fraction of sp³-hybridized carbons (Fsp3) is 0.500. The summed E-state index contributed by atoms with van der Waals surface area (Å²) in [5.74, 6) is -0.357. The van der Waals surface area contributed by atoms with Crippen LogP contribution in [0.2, 0.25) is 5.02 Å². The van der Waals surface area contributed by atoms with Crippen LogP contribution in [-0.2, 0) is 0 Å². The van der Waals surface area contributed by atoms with Crippen LogP contribution in [0, 0.1) is 10.1 Å². The lowest BCUT2D eigenvalue weighted by atomic mass is 10.1. The molecule has 7 heteroatoms. The zero-order valence-corrected chi connectivity index (χ0v) is 13.2. The van der Waals surface area contributed by atoms with Crippen LogP contribution in [-0.4, -0.2) is 23.4 Å². The van der Waals surface area contributed by atoms with Crippen molar-refractivity contribution in [2.45, 2.75) is 39.7 Å². The van der Waals surface area contributed by atoms with Crippen molar-refractivity contribution in [3.8, 4) is 0 Å². The summed E-state index contributed by atoms with van der Waals surface area (Å²) >= 11 is 6.05. The molecule has 6 nitrogen and oxygen atoms in total. The Morgan fingerprint density at radius 1 is 1.43 bits per heavy atom. The smallest absolute Gasteiger partial charge is 0.294 e. The molecule has 0 aliphatic carbocycles. The summed E-state index contributed by atoms with van der Waals surface area (Å²) in [6.07, 6.45) is 1.79. The number of rotatable bonds is 7. The molecule has 0 spiro atoms. The lowest BCUT2D eigenvalue weighted by molar-refractivity contribution is -0.384. The number of hydrogen-bond donors (Lipinski definition) is 2. The molecule has 1 rings (SSSR count). The molecule has 0 heterocycles. The van der Waals surface area contributed by atoms with E-state index in [1.807, 2.05) is 20.8 Å².